The summed E-state index contributed by atoms with van der Waals surface area (Å²) >= 11 is 0. The van der Waals surface area contributed by atoms with E-state index >= 15 is 0 Å². The van der Waals surface area contributed by atoms with Crippen molar-refractivity contribution in [3.63, 3.8) is 0 Å². The number of rotatable bonds is 4. The van der Waals surface area contributed by atoms with Crippen molar-refractivity contribution in [3.8, 4) is 0 Å². The first-order chi connectivity index (χ1) is 8.06. The average Bonchev–Trinajstić information content (AvgIpc) is 2.27. The standard InChI is InChI=1S/C13H17F2NO/c1-16(8-13(9-17)5-2-6-13)10-3-4-11(14)12(15)7-10/h3-4,7,17H,2,5-6,8-9H2,1H3. The Morgan fingerprint density at radius 2 is 2.00 bits per heavy atom. The molecule has 2 rings (SSSR count). The highest BCUT2D eigenvalue weighted by molar-refractivity contribution is 5.46. The molecule has 1 N–H and O–H groups in total. The number of anilines is 1. The molecule has 0 heterocycles. The van der Waals surface area contributed by atoms with Gasteiger partial charge in [-0.05, 0) is 25.0 Å². The highest BCUT2D eigenvalue weighted by atomic mass is 19.2. The van der Waals surface area contributed by atoms with E-state index in [4.69, 9.17) is 0 Å². The van der Waals surface area contributed by atoms with Gasteiger partial charge in [0.2, 0.25) is 0 Å². The summed E-state index contributed by atoms with van der Waals surface area (Å²) in [4.78, 5) is 1.87. The van der Waals surface area contributed by atoms with Gasteiger partial charge < -0.3 is 10.0 Å². The lowest BCUT2D eigenvalue weighted by Gasteiger charge is -2.43. The molecule has 4 heteroatoms. The molecule has 17 heavy (non-hydrogen) atoms. The smallest absolute Gasteiger partial charge is 0.160 e. The van der Waals surface area contributed by atoms with Crippen LogP contribution in [0.25, 0.3) is 0 Å². The van der Waals surface area contributed by atoms with Gasteiger partial charge in [0, 0.05) is 30.8 Å². The van der Waals surface area contributed by atoms with Crippen molar-refractivity contribution in [3.05, 3.63) is 29.8 Å². The molecule has 0 spiro atoms. The second-order valence-corrected chi connectivity index (χ2v) is 4.97. The van der Waals surface area contributed by atoms with Crippen LogP contribution < -0.4 is 4.90 Å². The predicted molar refractivity (Wildman–Crippen MR) is 63.0 cm³/mol. The zero-order valence-electron chi connectivity index (χ0n) is 9.92. The summed E-state index contributed by atoms with van der Waals surface area (Å²) in [5.74, 6) is -1.66. The second kappa shape index (κ2) is 4.61. The largest absolute Gasteiger partial charge is 0.396 e. The summed E-state index contributed by atoms with van der Waals surface area (Å²) in [6.45, 7) is 0.829. The first-order valence-electron chi connectivity index (χ1n) is 5.83. The molecule has 94 valence electrons. The fourth-order valence-corrected chi connectivity index (χ4v) is 2.36. The number of nitrogens with zero attached hydrogens (tertiary/aromatic N) is 1. The molecule has 1 fully saturated rings. The molecule has 2 nitrogen and oxygen atoms in total. The minimum absolute atomic E-state index is 0.0559. The van der Waals surface area contributed by atoms with E-state index in [1.807, 2.05) is 11.9 Å². The minimum atomic E-state index is -0.832. The summed E-state index contributed by atoms with van der Waals surface area (Å²) in [6, 6.07) is 3.88. The topological polar surface area (TPSA) is 23.5 Å². The number of aliphatic hydroxyl groups is 1. The van der Waals surface area contributed by atoms with Crippen LogP contribution in [-0.4, -0.2) is 25.3 Å². The third-order valence-electron chi connectivity index (χ3n) is 3.67. The SMILES string of the molecule is CN(CC1(CO)CCC1)c1ccc(F)c(F)c1. The van der Waals surface area contributed by atoms with E-state index in [0.29, 0.717) is 12.2 Å². The molecule has 1 aromatic carbocycles. The fraction of sp³-hybridized carbons (Fsp3) is 0.538. The van der Waals surface area contributed by atoms with Crippen LogP contribution in [0.15, 0.2) is 18.2 Å². The minimum Gasteiger partial charge on any atom is -0.396 e. The van der Waals surface area contributed by atoms with Gasteiger partial charge in [0.1, 0.15) is 0 Å². The first-order valence-corrected chi connectivity index (χ1v) is 5.83. The Labute approximate surface area is 99.9 Å². The molecule has 1 aromatic rings. The highest BCUT2D eigenvalue weighted by Crippen LogP contribution is 2.41. The number of halogens is 2. The van der Waals surface area contributed by atoms with Crippen molar-refractivity contribution in [1.82, 2.24) is 0 Å². The molecule has 0 amide bonds. The van der Waals surface area contributed by atoms with E-state index in [9.17, 15) is 13.9 Å². The monoisotopic (exact) mass is 241 g/mol. The van der Waals surface area contributed by atoms with Crippen molar-refractivity contribution in [2.75, 3.05) is 25.1 Å². The predicted octanol–water partition coefficient (Wildman–Crippen LogP) is 2.56. The maximum absolute atomic E-state index is 13.1. The van der Waals surface area contributed by atoms with Crippen LogP contribution >= 0.6 is 0 Å². The van der Waals surface area contributed by atoms with Crippen LogP contribution in [-0.2, 0) is 0 Å². The van der Waals surface area contributed by atoms with Crippen molar-refractivity contribution in [2.45, 2.75) is 19.3 Å². The number of benzene rings is 1. The molecular weight excluding hydrogens is 224 g/mol. The van der Waals surface area contributed by atoms with Crippen LogP contribution in [0.4, 0.5) is 14.5 Å². The van der Waals surface area contributed by atoms with E-state index in [0.717, 1.165) is 25.3 Å². The molecule has 0 atom stereocenters. The van der Waals surface area contributed by atoms with E-state index in [-0.39, 0.29) is 12.0 Å². The van der Waals surface area contributed by atoms with E-state index in [2.05, 4.69) is 0 Å². The van der Waals surface area contributed by atoms with Crippen molar-refractivity contribution < 1.29 is 13.9 Å². The van der Waals surface area contributed by atoms with Gasteiger partial charge in [0.05, 0.1) is 6.61 Å². The number of aliphatic hydroxyl groups excluding tert-OH is 1. The van der Waals surface area contributed by atoms with E-state index in [1.165, 1.54) is 6.07 Å². The normalized spacial score (nSPS) is 17.6. The van der Waals surface area contributed by atoms with Crippen LogP contribution in [0, 0.1) is 17.0 Å². The van der Waals surface area contributed by atoms with Crippen LogP contribution in [0.2, 0.25) is 0 Å². The Hall–Kier alpha value is -1.16. The Morgan fingerprint density at radius 1 is 1.29 bits per heavy atom. The maximum atomic E-state index is 13.1. The lowest BCUT2D eigenvalue weighted by atomic mass is 9.69. The lowest BCUT2D eigenvalue weighted by Crippen LogP contribution is -2.43. The summed E-state index contributed by atoms with van der Waals surface area (Å²) in [7, 11) is 1.84. The van der Waals surface area contributed by atoms with Gasteiger partial charge in [-0.25, -0.2) is 8.78 Å². The lowest BCUT2D eigenvalue weighted by molar-refractivity contribution is 0.0524. The van der Waals surface area contributed by atoms with Crippen LogP contribution in [0.1, 0.15) is 19.3 Å². The summed E-state index contributed by atoms with van der Waals surface area (Å²) < 4.78 is 25.9. The van der Waals surface area contributed by atoms with Gasteiger partial charge in [-0.15, -0.1) is 0 Å². The summed E-state index contributed by atoms with van der Waals surface area (Å²) in [5.41, 5.74) is 0.586. The quantitative estimate of drug-likeness (QED) is 0.875. The van der Waals surface area contributed by atoms with Gasteiger partial charge in [0.15, 0.2) is 11.6 Å². The summed E-state index contributed by atoms with van der Waals surface area (Å²) in [6.07, 6.45) is 3.13. The highest BCUT2D eigenvalue weighted by Gasteiger charge is 2.37. The molecule has 1 saturated carbocycles. The van der Waals surface area contributed by atoms with E-state index in [1.54, 1.807) is 6.07 Å². The van der Waals surface area contributed by atoms with Crippen LogP contribution in [0.5, 0.6) is 0 Å². The molecule has 1 aliphatic carbocycles. The van der Waals surface area contributed by atoms with Crippen molar-refractivity contribution >= 4 is 5.69 Å². The van der Waals surface area contributed by atoms with Crippen molar-refractivity contribution in [2.24, 2.45) is 5.41 Å². The number of hydrogen-bond donors (Lipinski definition) is 1. The molecular formula is C13H17F2NO. The molecule has 0 radical (unpaired) electrons. The Bertz CT molecular complexity index is 399. The molecule has 0 saturated heterocycles. The molecule has 1 aliphatic rings. The Balaban J connectivity index is 2.08. The number of hydrogen-bond acceptors (Lipinski definition) is 2. The Kier molecular flexibility index (Phi) is 3.33. The van der Waals surface area contributed by atoms with Gasteiger partial charge in [-0.2, -0.15) is 0 Å². The zero-order valence-corrected chi connectivity index (χ0v) is 9.92. The van der Waals surface area contributed by atoms with Gasteiger partial charge >= 0.3 is 0 Å². The van der Waals surface area contributed by atoms with Gasteiger partial charge in [0.25, 0.3) is 0 Å². The van der Waals surface area contributed by atoms with E-state index < -0.39 is 11.6 Å². The Morgan fingerprint density at radius 3 is 2.47 bits per heavy atom. The van der Waals surface area contributed by atoms with Crippen molar-refractivity contribution in [1.29, 1.82) is 0 Å². The van der Waals surface area contributed by atoms with Crippen LogP contribution in [0.3, 0.4) is 0 Å². The maximum Gasteiger partial charge on any atom is 0.160 e. The molecule has 0 bridgehead atoms. The molecule has 0 unspecified atom stereocenters. The van der Waals surface area contributed by atoms with Gasteiger partial charge in [-0.3, -0.25) is 0 Å². The van der Waals surface area contributed by atoms with Gasteiger partial charge in [-0.1, -0.05) is 6.42 Å². The third-order valence-corrected chi connectivity index (χ3v) is 3.67. The zero-order chi connectivity index (χ0) is 12.5. The average molecular weight is 241 g/mol. The fourth-order valence-electron chi connectivity index (χ4n) is 2.36. The molecule has 0 aliphatic heterocycles. The summed E-state index contributed by atoms with van der Waals surface area (Å²) in [5, 5.41) is 9.37. The first kappa shape index (κ1) is 12.3. The third kappa shape index (κ3) is 2.41. The molecule has 0 aromatic heterocycles. The second-order valence-electron chi connectivity index (χ2n) is 4.97.